The van der Waals surface area contributed by atoms with Crippen molar-refractivity contribution >= 4 is 38.9 Å². The highest BCUT2D eigenvalue weighted by atomic mass is 35.5. The molecule has 2 aromatic carbocycles. The maximum atomic E-state index is 13.0. The molecule has 3 rings (SSSR count). The second-order valence-corrected chi connectivity index (χ2v) is 9.04. The third-order valence-corrected chi connectivity index (χ3v) is 6.08. The number of benzene rings is 2. The minimum Gasteiger partial charge on any atom is -0.506 e. The van der Waals surface area contributed by atoms with Gasteiger partial charge in [-0.3, -0.25) is 9.10 Å². The zero-order chi connectivity index (χ0) is 19.8. The van der Waals surface area contributed by atoms with E-state index in [2.05, 4.69) is 0 Å². The zero-order valence-electron chi connectivity index (χ0n) is 15.1. The highest BCUT2D eigenvalue weighted by Crippen LogP contribution is 2.41. The van der Waals surface area contributed by atoms with Gasteiger partial charge in [0.05, 0.1) is 17.6 Å². The maximum Gasteiger partial charge on any atom is 0.247 e. The van der Waals surface area contributed by atoms with Crippen LogP contribution < -0.4 is 9.21 Å². The van der Waals surface area contributed by atoms with E-state index in [0.29, 0.717) is 22.9 Å². The van der Waals surface area contributed by atoms with Gasteiger partial charge in [0.15, 0.2) is 0 Å². The Morgan fingerprint density at radius 3 is 2.67 bits per heavy atom. The molecule has 0 bridgehead atoms. The lowest BCUT2D eigenvalue weighted by Crippen LogP contribution is -2.45. The Kier molecular flexibility index (Phi) is 5.35. The minimum atomic E-state index is -3.70. The van der Waals surface area contributed by atoms with Crippen molar-refractivity contribution in [2.45, 2.75) is 19.3 Å². The number of halogens is 1. The lowest BCUT2D eigenvalue weighted by Gasteiger charge is -2.34. The molecule has 1 amide bonds. The quantitative estimate of drug-likeness (QED) is 0.841. The Bertz CT molecular complexity index is 977. The summed E-state index contributed by atoms with van der Waals surface area (Å²) >= 11 is 5.98. The molecule has 0 aromatic heterocycles. The van der Waals surface area contributed by atoms with Crippen LogP contribution in [0.15, 0.2) is 42.5 Å². The molecular formula is C19H21ClN2O4S. The predicted octanol–water partition coefficient (Wildman–Crippen LogP) is 3.35. The molecule has 0 fully saturated rings. The monoisotopic (exact) mass is 408 g/mol. The lowest BCUT2D eigenvalue weighted by molar-refractivity contribution is -0.117. The molecule has 6 nitrogen and oxygen atoms in total. The van der Waals surface area contributed by atoms with Crippen LogP contribution in [0, 0.1) is 0 Å². The van der Waals surface area contributed by atoms with Gasteiger partial charge in [-0.1, -0.05) is 36.7 Å². The highest BCUT2D eigenvalue weighted by molar-refractivity contribution is 7.92. The van der Waals surface area contributed by atoms with Crippen molar-refractivity contribution in [2.75, 3.05) is 28.6 Å². The van der Waals surface area contributed by atoms with Gasteiger partial charge in [0.1, 0.15) is 12.3 Å². The van der Waals surface area contributed by atoms with E-state index in [1.54, 1.807) is 24.3 Å². The number of anilines is 2. The molecule has 8 heteroatoms. The van der Waals surface area contributed by atoms with Gasteiger partial charge in [0.2, 0.25) is 15.9 Å². The average Bonchev–Trinajstić information content (AvgIpc) is 2.59. The topological polar surface area (TPSA) is 77.9 Å². The van der Waals surface area contributed by atoms with Crippen molar-refractivity contribution in [2.24, 2.45) is 0 Å². The van der Waals surface area contributed by atoms with E-state index in [9.17, 15) is 18.3 Å². The third-order valence-electron chi connectivity index (χ3n) is 4.71. The van der Waals surface area contributed by atoms with Gasteiger partial charge in [0, 0.05) is 11.6 Å². The first-order valence-corrected chi connectivity index (χ1v) is 10.8. The predicted molar refractivity (Wildman–Crippen MR) is 107 cm³/mol. The number of nitrogens with zero attached hydrogens (tertiary/aromatic N) is 2. The molecule has 0 radical (unpaired) electrons. The number of hydrogen-bond donors (Lipinski definition) is 1. The van der Waals surface area contributed by atoms with Crippen LogP contribution in [0.2, 0.25) is 5.02 Å². The Balaban J connectivity index is 1.95. The van der Waals surface area contributed by atoms with Gasteiger partial charge in [0.25, 0.3) is 0 Å². The number of hydrogen-bond acceptors (Lipinski definition) is 4. The average molecular weight is 409 g/mol. The fourth-order valence-corrected chi connectivity index (χ4v) is 4.35. The van der Waals surface area contributed by atoms with Crippen molar-refractivity contribution in [1.82, 2.24) is 0 Å². The number of carbonyl (C=O) groups excluding carboxylic acids is 1. The van der Waals surface area contributed by atoms with E-state index >= 15 is 0 Å². The van der Waals surface area contributed by atoms with Gasteiger partial charge < -0.3 is 10.0 Å². The van der Waals surface area contributed by atoms with Crippen LogP contribution in [0.4, 0.5) is 11.4 Å². The number of rotatable bonds is 4. The largest absolute Gasteiger partial charge is 0.506 e. The van der Waals surface area contributed by atoms with Crippen LogP contribution in [0.3, 0.4) is 0 Å². The fraction of sp³-hybridized carbons (Fsp3) is 0.316. The standard InChI is InChI=1S/C19H21ClN2O4S/c1-13-9-10-21(19-16(13)7-4-8-17(19)23)18(24)12-22(27(2,25)26)15-6-3-5-14(20)11-15/h3-8,11,13,23H,9-10,12H2,1-2H3/t13-/m1/s1. The number of para-hydroxylation sites is 1. The van der Waals surface area contributed by atoms with Crippen molar-refractivity contribution < 1.29 is 18.3 Å². The lowest BCUT2D eigenvalue weighted by atomic mass is 9.91. The van der Waals surface area contributed by atoms with E-state index in [1.165, 1.54) is 17.0 Å². The number of sulfonamides is 1. The second kappa shape index (κ2) is 7.40. The van der Waals surface area contributed by atoms with Crippen LogP contribution in [0.5, 0.6) is 5.75 Å². The molecule has 0 spiro atoms. The van der Waals surface area contributed by atoms with E-state index < -0.39 is 15.9 Å². The van der Waals surface area contributed by atoms with Crippen LogP contribution >= 0.6 is 11.6 Å². The van der Waals surface area contributed by atoms with Gasteiger partial charge in [-0.05, 0) is 42.2 Å². The third kappa shape index (κ3) is 4.04. The van der Waals surface area contributed by atoms with Crippen molar-refractivity contribution in [1.29, 1.82) is 0 Å². The molecular weight excluding hydrogens is 388 g/mol. The summed E-state index contributed by atoms with van der Waals surface area (Å²) < 4.78 is 25.6. The maximum absolute atomic E-state index is 13.0. The van der Waals surface area contributed by atoms with E-state index in [0.717, 1.165) is 22.5 Å². The summed E-state index contributed by atoms with van der Waals surface area (Å²) in [6, 6.07) is 11.5. The van der Waals surface area contributed by atoms with E-state index in [4.69, 9.17) is 11.6 Å². The minimum absolute atomic E-state index is 0.0149. The number of aromatic hydroxyl groups is 1. The van der Waals surface area contributed by atoms with Crippen molar-refractivity contribution in [3.63, 3.8) is 0 Å². The summed E-state index contributed by atoms with van der Waals surface area (Å²) in [4.78, 5) is 14.5. The molecule has 1 N–H and O–H groups in total. The molecule has 0 saturated carbocycles. The SMILES string of the molecule is C[C@@H]1CCN(C(=O)CN(c2cccc(Cl)c2)S(C)(=O)=O)c2c(O)cccc21. The van der Waals surface area contributed by atoms with Crippen molar-refractivity contribution in [3.05, 3.63) is 53.1 Å². The summed E-state index contributed by atoms with van der Waals surface area (Å²) in [7, 11) is -3.70. The number of phenols is 1. The second-order valence-electron chi connectivity index (χ2n) is 6.70. The normalized spacial score (nSPS) is 16.7. The number of carbonyl (C=O) groups is 1. The number of fused-ring (bicyclic) bond motifs is 1. The summed E-state index contributed by atoms with van der Waals surface area (Å²) in [6.07, 6.45) is 1.78. The molecule has 27 heavy (non-hydrogen) atoms. The summed E-state index contributed by atoms with van der Waals surface area (Å²) in [5, 5.41) is 10.7. The molecule has 1 heterocycles. The zero-order valence-corrected chi connectivity index (χ0v) is 16.7. The van der Waals surface area contributed by atoms with Gasteiger partial charge >= 0.3 is 0 Å². The number of phenolic OH excluding ortho intramolecular Hbond substituents is 1. The molecule has 144 valence electrons. The molecule has 1 aliphatic rings. The molecule has 1 aliphatic heterocycles. The first kappa shape index (κ1) is 19.5. The summed E-state index contributed by atoms with van der Waals surface area (Å²) in [5.74, 6) is -0.189. The van der Waals surface area contributed by atoms with Gasteiger partial charge in [-0.15, -0.1) is 0 Å². The number of amides is 1. The first-order valence-electron chi connectivity index (χ1n) is 8.54. The Hall–Kier alpha value is -2.25. The summed E-state index contributed by atoms with van der Waals surface area (Å²) in [6.45, 7) is 2.08. The fourth-order valence-electron chi connectivity index (χ4n) is 3.32. The molecule has 0 unspecified atom stereocenters. The van der Waals surface area contributed by atoms with Crippen LogP contribution in [0.1, 0.15) is 24.8 Å². The summed E-state index contributed by atoms with van der Waals surface area (Å²) in [5.41, 5.74) is 1.66. The Morgan fingerprint density at radius 1 is 1.30 bits per heavy atom. The van der Waals surface area contributed by atoms with Crippen molar-refractivity contribution in [3.8, 4) is 5.75 Å². The molecule has 2 aromatic rings. The molecule has 0 saturated heterocycles. The van der Waals surface area contributed by atoms with E-state index in [1.807, 2.05) is 13.0 Å². The Labute approximate surface area is 164 Å². The van der Waals surface area contributed by atoms with Crippen LogP contribution in [-0.2, 0) is 14.8 Å². The van der Waals surface area contributed by atoms with Gasteiger partial charge in [-0.25, -0.2) is 8.42 Å². The highest BCUT2D eigenvalue weighted by Gasteiger charge is 2.31. The first-order chi connectivity index (χ1) is 12.7. The smallest absolute Gasteiger partial charge is 0.247 e. The van der Waals surface area contributed by atoms with Crippen LogP contribution in [-0.4, -0.2) is 38.8 Å². The Morgan fingerprint density at radius 2 is 2.00 bits per heavy atom. The molecule has 0 aliphatic carbocycles. The van der Waals surface area contributed by atoms with E-state index in [-0.39, 0.29) is 18.2 Å². The van der Waals surface area contributed by atoms with Crippen LogP contribution in [0.25, 0.3) is 0 Å². The molecule has 1 atom stereocenters. The van der Waals surface area contributed by atoms with Gasteiger partial charge in [-0.2, -0.15) is 0 Å².